The van der Waals surface area contributed by atoms with Gasteiger partial charge < -0.3 is 19.3 Å². The molecule has 4 heterocycles. The lowest BCUT2D eigenvalue weighted by Gasteiger charge is -2.35. The molecule has 2 aliphatic rings. The van der Waals surface area contributed by atoms with Crippen LogP contribution in [0.4, 0.5) is 0 Å². The summed E-state index contributed by atoms with van der Waals surface area (Å²) in [5.74, 6) is 0.104. The van der Waals surface area contributed by atoms with E-state index in [-0.39, 0.29) is 17.9 Å². The second kappa shape index (κ2) is 10.0. The molecule has 0 bridgehead atoms. The minimum atomic E-state index is -0.340. The Bertz CT molecular complexity index is 923. The van der Waals surface area contributed by atoms with Crippen LogP contribution in [0.3, 0.4) is 0 Å². The zero-order chi connectivity index (χ0) is 21.8. The number of thiophene rings is 1. The monoisotopic (exact) mass is 446 g/mol. The van der Waals surface area contributed by atoms with Crippen LogP contribution in [0.5, 0.6) is 0 Å². The first-order chi connectivity index (χ1) is 15.1. The summed E-state index contributed by atoms with van der Waals surface area (Å²) in [6.45, 7) is 9.97. The minimum absolute atomic E-state index is 0.00325. The number of morpholine rings is 2. The summed E-state index contributed by atoms with van der Waals surface area (Å²) < 4.78 is 11.5. The smallest absolute Gasteiger partial charge is 0.264 e. The fourth-order valence-electron chi connectivity index (χ4n) is 4.13. The predicted molar refractivity (Wildman–Crippen MR) is 119 cm³/mol. The molecule has 2 fully saturated rings. The summed E-state index contributed by atoms with van der Waals surface area (Å²) >= 11 is 1.41. The molecule has 1 unspecified atom stereocenters. The number of pyridine rings is 1. The van der Waals surface area contributed by atoms with E-state index >= 15 is 0 Å². The molecule has 9 heteroatoms. The highest BCUT2D eigenvalue weighted by atomic mass is 32.1. The van der Waals surface area contributed by atoms with Crippen LogP contribution in [0, 0.1) is 0 Å². The highest BCUT2D eigenvalue weighted by Crippen LogP contribution is 2.38. The largest absolute Gasteiger partial charge is 0.378 e. The normalized spacial score (nSPS) is 19.9. The Morgan fingerprint density at radius 3 is 2.65 bits per heavy atom. The molecule has 8 nitrogen and oxygen atoms in total. The third-order valence-electron chi connectivity index (χ3n) is 5.99. The van der Waals surface area contributed by atoms with Crippen LogP contribution in [0.15, 0.2) is 18.3 Å². The Kier molecular flexibility index (Phi) is 7.16. The first-order valence-corrected chi connectivity index (χ1v) is 11.8. The van der Waals surface area contributed by atoms with E-state index in [1.165, 1.54) is 11.3 Å². The van der Waals surface area contributed by atoms with Crippen LogP contribution in [-0.2, 0) is 14.3 Å². The number of hydrogen-bond donors (Lipinski definition) is 0. The zero-order valence-electron chi connectivity index (χ0n) is 18.2. The Morgan fingerprint density at radius 2 is 1.90 bits per heavy atom. The SMILES string of the molecule is CCN(CC)CC(=O)N1CCOC(c2c(C(=O)N3CCOCC3)sc3ncccc23)C1. The second-order valence-electron chi connectivity index (χ2n) is 7.77. The van der Waals surface area contributed by atoms with Gasteiger partial charge in [0.15, 0.2) is 0 Å². The van der Waals surface area contributed by atoms with Crippen molar-refractivity contribution in [2.75, 3.05) is 65.6 Å². The number of fused-ring (bicyclic) bond motifs is 1. The molecule has 2 amide bonds. The molecule has 0 aromatic carbocycles. The lowest BCUT2D eigenvalue weighted by atomic mass is 10.0. The van der Waals surface area contributed by atoms with Crippen molar-refractivity contribution in [3.63, 3.8) is 0 Å². The van der Waals surface area contributed by atoms with E-state index < -0.39 is 0 Å². The van der Waals surface area contributed by atoms with Gasteiger partial charge in [0.1, 0.15) is 15.8 Å². The van der Waals surface area contributed by atoms with Crippen molar-refractivity contribution < 1.29 is 19.1 Å². The van der Waals surface area contributed by atoms with Crippen LogP contribution in [0.25, 0.3) is 10.2 Å². The van der Waals surface area contributed by atoms with E-state index in [0.29, 0.717) is 57.4 Å². The molecule has 2 aliphatic heterocycles. The summed E-state index contributed by atoms with van der Waals surface area (Å²) in [4.78, 5) is 38.1. The Hall–Kier alpha value is -2.07. The van der Waals surface area contributed by atoms with Gasteiger partial charge in [-0.1, -0.05) is 19.9 Å². The number of carbonyl (C=O) groups is 2. The number of aromatic nitrogens is 1. The van der Waals surface area contributed by atoms with Crippen molar-refractivity contribution in [3.8, 4) is 0 Å². The third-order valence-corrected chi connectivity index (χ3v) is 7.11. The molecular formula is C22H30N4O4S. The van der Waals surface area contributed by atoms with Crippen molar-refractivity contribution in [1.29, 1.82) is 0 Å². The quantitative estimate of drug-likeness (QED) is 0.676. The fourth-order valence-corrected chi connectivity index (χ4v) is 5.29. The molecule has 2 aromatic heterocycles. The maximum absolute atomic E-state index is 13.4. The van der Waals surface area contributed by atoms with Gasteiger partial charge in [-0.25, -0.2) is 4.98 Å². The number of carbonyl (C=O) groups excluding carboxylic acids is 2. The summed E-state index contributed by atoms with van der Waals surface area (Å²) in [5, 5.41) is 0.937. The van der Waals surface area contributed by atoms with Crippen molar-refractivity contribution in [2.45, 2.75) is 20.0 Å². The number of nitrogens with zero attached hydrogens (tertiary/aromatic N) is 4. The summed E-state index contributed by atoms with van der Waals surface area (Å²) in [7, 11) is 0. The van der Waals surface area contributed by atoms with E-state index in [9.17, 15) is 9.59 Å². The van der Waals surface area contributed by atoms with Gasteiger partial charge in [0.25, 0.3) is 5.91 Å². The topological polar surface area (TPSA) is 75.2 Å². The number of ether oxygens (including phenoxy) is 2. The minimum Gasteiger partial charge on any atom is -0.378 e. The number of likely N-dealkylation sites (N-methyl/N-ethyl adjacent to an activating group) is 1. The van der Waals surface area contributed by atoms with Crippen LogP contribution in [-0.4, -0.2) is 97.1 Å². The van der Waals surface area contributed by atoms with Gasteiger partial charge >= 0.3 is 0 Å². The van der Waals surface area contributed by atoms with E-state index in [1.807, 2.05) is 21.9 Å². The van der Waals surface area contributed by atoms with Crippen molar-refractivity contribution in [3.05, 3.63) is 28.8 Å². The number of hydrogen-bond acceptors (Lipinski definition) is 7. The number of amides is 2. The first-order valence-electron chi connectivity index (χ1n) is 11.0. The predicted octanol–water partition coefficient (Wildman–Crippen LogP) is 2.01. The van der Waals surface area contributed by atoms with E-state index in [0.717, 1.165) is 28.9 Å². The van der Waals surface area contributed by atoms with Crippen LogP contribution < -0.4 is 0 Å². The highest BCUT2D eigenvalue weighted by molar-refractivity contribution is 7.20. The molecule has 1 atom stereocenters. The Labute approximate surface area is 186 Å². The van der Waals surface area contributed by atoms with Gasteiger partial charge in [0, 0.05) is 36.8 Å². The summed E-state index contributed by atoms with van der Waals surface area (Å²) in [5.41, 5.74) is 0.866. The average molecular weight is 447 g/mol. The van der Waals surface area contributed by atoms with E-state index in [2.05, 4.69) is 23.7 Å². The Balaban J connectivity index is 1.61. The second-order valence-corrected chi connectivity index (χ2v) is 8.77. The maximum atomic E-state index is 13.4. The Morgan fingerprint density at radius 1 is 1.16 bits per heavy atom. The molecule has 4 rings (SSSR count). The number of rotatable bonds is 6. The van der Waals surface area contributed by atoms with Crippen molar-refractivity contribution >= 4 is 33.4 Å². The maximum Gasteiger partial charge on any atom is 0.264 e. The van der Waals surface area contributed by atoms with Crippen LogP contribution >= 0.6 is 11.3 Å². The first kappa shape index (κ1) is 22.1. The van der Waals surface area contributed by atoms with Crippen LogP contribution in [0.1, 0.15) is 35.2 Å². The van der Waals surface area contributed by atoms with Crippen LogP contribution in [0.2, 0.25) is 0 Å². The molecule has 0 radical (unpaired) electrons. The zero-order valence-corrected chi connectivity index (χ0v) is 19.0. The lowest BCUT2D eigenvalue weighted by molar-refractivity contribution is -0.140. The fraction of sp³-hybridized carbons (Fsp3) is 0.591. The van der Waals surface area contributed by atoms with Gasteiger partial charge in [-0.15, -0.1) is 11.3 Å². The van der Waals surface area contributed by atoms with Crippen molar-refractivity contribution in [2.24, 2.45) is 0 Å². The average Bonchev–Trinajstić information content (AvgIpc) is 3.22. The van der Waals surface area contributed by atoms with Gasteiger partial charge in [0.2, 0.25) is 5.91 Å². The van der Waals surface area contributed by atoms with Crippen molar-refractivity contribution in [1.82, 2.24) is 19.7 Å². The van der Waals surface area contributed by atoms with Gasteiger partial charge in [-0.3, -0.25) is 14.5 Å². The molecular weight excluding hydrogens is 416 g/mol. The standard InChI is InChI=1S/C22H30N4O4S/c1-3-24(4-2)15-18(27)26-10-13-30-17(14-26)19-16-6-5-7-23-21(16)31-20(19)22(28)25-8-11-29-12-9-25/h5-7,17H,3-4,8-15H2,1-2H3. The van der Waals surface area contributed by atoms with E-state index in [1.54, 1.807) is 6.20 Å². The van der Waals surface area contributed by atoms with E-state index in [4.69, 9.17) is 9.47 Å². The molecule has 0 N–H and O–H groups in total. The summed E-state index contributed by atoms with van der Waals surface area (Å²) in [6.07, 6.45) is 1.40. The lowest BCUT2D eigenvalue weighted by Crippen LogP contribution is -2.47. The molecule has 2 saturated heterocycles. The molecule has 0 saturated carbocycles. The molecule has 31 heavy (non-hydrogen) atoms. The van der Waals surface area contributed by atoms with Gasteiger partial charge in [-0.2, -0.15) is 0 Å². The third kappa shape index (κ3) is 4.74. The van der Waals surface area contributed by atoms with Gasteiger partial charge in [0.05, 0.1) is 32.9 Å². The molecule has 2 aromatic rings. The molecule has 168 valence electrons. The molecule has 0 aliphatic carbocycles. The highest BCUT2D eigenvalue weighted by Gasteiger charge is 2.33. The summed E-state index contributed by atoms with van der Waals surface area (Å²) in [6, 6.07) is 3.87. The molecule has 0 spiro atoms. The van der Waals surface area contributed by atoms with Gasteiger partial charge in [-0.05, 0) is 19.2 Å².